The van der Waals surface area contributed by atoms with Crippen LogP contribution in [-0.2, 0) is 17.6 Å². The highest BCUT2D eigenvalue weighted by atomic mass is 19.1. The number of benzene rings is 2. The van der Waals surface area contributed by atoms with Gasteiger partial charge in [0, 0.05) is 46.3 Å². The lowest BCUT2D eigenvalue weighted by atomic mass is 9.91. The largest absolute Gasteiger partial charge is 0.490 e. The van der Waals surface area contributed by atoms with Gasteiger partial charge in [0.15, 0.2) is 17.2 Å². The summed E-state index contributed by atoms with van der Waals surface area (Å²) in [6.45, 7) is 4.17. The highest BCUT2D eigenvalue weighted by Gasteiger charge is 2.26. The fraction of sp³-hybridized carbons (Fsp3) is 0.226. The molecule has 0 aliphatic carbocycles. The molecule has 1 aliphatic rings. The highest BCUT2D eigenvalue weighted by molar-refractivity contribution is 5.80. The smallest absolute Gasteiger partial charge is 0.307 e. The molecular formula is C31H27FN4O4. The van der Waals surface area contributed by atoms with E-state index in [1.807, 2.05) is 49.4 Å². The maximum Gasteiger partial charge on any atom is 0.307 e. The summed E-state index contributed by atoms with van der Waals surface area (Å²) in [5.41, 5.74) is 7.76. The van der Waals surface area contributed by atoms with Crippen LogP contribution in [0.2, 0.25) is 0 Å². The molecule has 0 bridgehead atoms. The summed E-state index contributed by atoms with van der Waals surface area (Å²) in [7, 11) is 1.58. The summed E-state index contributed by atoms with van der Waals surface area (Å²) < 4.78 is 27.9. The van der Waals surface area contributed by atoms with Gasteiger partial charge in [0.05, 0.1) is 31.5 Å². The van der Waals surface area contributed by atoms with Crippen molar-refractivity contribution in [1.82, 2.24) is 19.6 Å². The van der Waals surface area contributed by atoms with Crippen LogP contribution in [0.4, 0.5) is 4.39 Å². The number of rotatable bonds is 6. The number of carboxylic acid groups (broad SMARTS) is 1. The third-order valence-electron chi connectivity index (χ3n) is 7.36. The molecule has 0 saturated heterocycles. The van der Waals surface area contributed by atoms with Crippen LogP contribution in [0.3, 0.4) is 0 Å². The number of nitrogens with zero attached hydrogens (tertiary/aromatic N) is 4. The Hall–Kier alpha value is -4.79. The molecule has 0 unspecified atom stereocenters. The van der Waals surface area contributed by atoms with E-state index >= 15 is 4.39 Å². The highest BCUT2D eigenvalue weighted by Crippen LogP contribution is 2.39. The molecular weight excluding hydrogens is 511 g/mol. The molecule has 0 radical (unpaired) electrons. The van der Waals surface area contributed by atoms with Crippen molar-refractivity contribution < 1.29 is 23.8 Å². The first-order chi connectivity index (χ1) is 19.3. The lowest BCUT2D eigenvalue weighted by Gasteiger charge is -2.23. The minimum Gasteiger partial charge on any atom is -0.490 e. The van der Waals surface area contributed by atoms with Crippen LogP contribution in [-0.4, -0.2) is 44.4 Å². The number of halogens is 1. The van der Waals surface area contributed by atoms with Crippen molar-refractivity contribution in [2.24, 2.45) is 0 Å². The molecule has 202 valence electrons. The van der Waals surface area contributed by atoms with Crippen molar-refractivity contribution >= 4 is 11.6 Å². The van der Waals surface area contributed by atoms with Crippen molar-refractivity contribution in [1.29, 1.82) is 0 Å². The quantitative estimate of drug-likeness (QED) is 0.290. The van der Waals surface area contributed by atoms with Crippen molar-refractivity contribution in [3.8, 4) is 45.3 Å². The molecule has 0 fully saturated rings. The van der Waals surface area contributed by atoms with Crippen molar-refractivity contribution in [3.05, 3.63) is 82.9 Å². The molecule has 0 atom stereocenters. The number of pyridine rings is 1. The van der Waals surface area contributed by atoms with Gasteiger partial charge in [0.1, 0.15) is 0 Å². The Morgan fingerprint density at radius 1 is 1.12 bits per heavy atom. The number of aryl methyl sites for hydroxylation is 1. The second-order valence-corrected chi connectivity index (χ2v) is 9.85. The second kappa shape index (κ2) is 10.1. The predicted octanol–water partition coefficient (Wildman–Crippen LogP) is 5.84. The van der Waals surface area contributed by atoms with Gasteiger partial charge in [-0.1, -0.05) is 18.2 Å². The van der Waals surface area contributed by atoms with Gasteiger partial charge in [0.2, 0.25) is 5.88 Å². The average Bonchev–Trinajstić information content (AvgIpc) is 3.39. The Balaban J connectivity index is 1.56. The third-order valence-corrected chi connectivity index (χ3v) is 7.36. The molecule has 1 aliphatic heterocycles. The number of carboxylic acids is 1. The van der Waals surface area contributed by atoms with Crippen LogP contribution in [0.25, 0.3) is 39.3 Å². The summed E-state index contributed by atoms with van der Waals surface area (Å²) in [6.07, 6.45) is 2.90. The van der Waals surface area contributed by atoms with Crippen LogP contribution in [0.15, 0.2) is 54.7 Å². The first kappa shape index (κ1) is 25.5. The molecule has 0 saturated carbocycles. The SMILES string of the molecule is COc1cc(-c2cccc(-c3cc4nc(C)c(CC(=O)O)c(-c5cc(F)c6c(c5C)CCCO6)n4n3)c2)ccn1. The van der Waals surface area contributed by atoms with Crippen LogP contribution in [0, 0.1) is 19.7 Å². The number of ether oxygens (including phenoxy) is 2. The Kier molecular flexibility index (Phi) is 6.42. The predicted molar refractivity (Wildman–Crippen MR) is 148 cm³/mol. The number of hydrogen-bond acceptors (Lipinski definition) is 6. The first-order valence-corrected chi connectivity index (χ1v) is 13.0. The van der Waals surface area contributed by atoms with Gasteiger partial charge in [0.25, 0.3) is 0 Å². The first-order valence-electron chi connectivity index (χ1n) is 13.0. The molecule has 0 spiro atoms. The molecule has 6 rings (SSSR count). The number of hydrogen-bond donors (Lipinski definition) is 1. The summed E-state index contributed by atoms with van der Waals surface area (Å²) in [5.74, 6) is -0.672. The topological polar surface area (TPSA) is 98.8 Å². The molecule has 4 heterocycles. The van der Waals surface area contributed by atoms with Crippen LogP contribution in [0.1, 0.15) is 28.8 Å². The third kappa shape index (κ3) is 4.43. The van der Waals surface area contributed by atoms with Gasteiger partial charge in [-0.15, -0.1) is 0 Å². The van der Waals surface area contributed by atoms with E-state index in [4.69, 9.17) is 19.6 Å². The van der Waals surface area contributed by atoms with E-state index < -0.39 is 11.8 Å². The fourth-order valence-electron chi connectivity index (χ4n) is 5.40. The molecule has 9 heteroatoms. The van der Waals surface area contributed by atoms with Crippen molar-refractivity contribution in [2.45, 2.75) is 33.1 Å². The van der Waals surface area contributed by atoms with Crippen LogP contribution < -0.4 is 9.47 Å². The molecule has 40 heavy (non-hydrogen) atoms. The zero-order valence-corrected chi connectivity index (χ0v) is 22.4. The van der Waals surface area contributed by atoms with E-state index in [1.165, 1.54) is 6.07 Å². The van der Waals surface area contributed by atoms with E-state index in [0.717, 1.165) is 34.2 Å². The van der Waals surface area contributed by atoms with Crippen LogP contribution in [0.5, 0.6) is 11.6 Å². The standard InChI is InChI=1S/C31H27FN4O4/c1-17-22-8-5-11-40-31(22)25(32)14-23(17)30-24(15-29(37)38)18(2)34-27-16-26(35-36(27)30)21-7-4-6-19(12-21)20-9-10-33-28(13-20)39-3/h4,6-7,9-10,12-14,16H,5,8,11,15H2,1-3H3,(H,37,38). The number of aliphatic carboxylic acids is 1. The number of carbonyl (C=O) groups is 1. The lowest BCUT2D eigenvalue weighted by Crippen LogP contribution is -2.14. The summed E-state index contributed by atoms with van der Waals surface area (Å²) in [6, 6.07) is 15.0. The van der Waals surface area contributed by atoms with Gasteiger partial charge in [-0.05, 0) is 61.6 Å². The van der Waals surface area contributed by atoms with Crippen molar-refractivity contribution in [3.63, 3.8) is 0 Å². The zero-order valence-electron chi connectivity index (χ0n) is 22.4. The normalized spacial score (nSPS) is 12.7. The molecule has 1 N–H and O–H groups in total. The molecule has 5 aromatic rings. The fourth-order valence-corrected chi connectivity index (χ4v) is 5.40. The van der Waals surface area contributed by atoms with E-state index in [2.05, 4.69) is 4.98 Å². The number of aromatic nitrogens is 4. The van der Waals surface area contributed by atoms with Gasteiger partial charge < -0.3 is 14.6 Å². The molecule has 0 amide bonds. The Morgan fingerprint density at radius 2 is 1.93 bits per heavy atom. The summed E-state index contributed by atoms with van der Waals surface area (Å²) in [4.78, 5) is 20.8. The maximum absolute atomic E-state index is 15.3. The van der Waals surface area contributed by atoms with Gasteiger partial charge in [-0.25, -0.2) is 18.9 Å². The van der Waals surface area contributed by atoms with E-state index in [9.17, 15) is 9.90 Å². The van der Waals surface area contributed by atoms with Crippen LogP contribution >= 0.6 is 0 Å². The number of fused-ring (bicyclic) bond motifs is 2. The molecule has 3 aromatic heterocycles. The van der Waals surface area contributed by atoms with Gasteiger partial charge in [-0.2, -0.15) is 5.10 Å². The van der Waals surface area contributed by atoms with E-state index in [-0.39, 0.29) is 12.2 Å². The van der Waals surface area contributed by atoms with E-state index in [0.29, 0.717) is 52.8 Å². The Morgan fingerprint density at radius 3 is 2.73 bits per heavy atom. The molecule has 8 nitrogen and oxygen atoms in total. The summed E-state index contributed by atoms with van der Waals surface area (Å²) in [5, 5.41) is 14.6. The number of methoxy groups -OCH3 is 1. The van der Waals surface area contributed by atoms with E-state index in [1.54, 1.807) is 24.7 Å². The zero-order chi connectivity index (χ0) is 28.0. The Bertz CT molecular complexity index is 1800. The monoisotopic (exact) mass is 538 g/mol. The maximum atomic E-state index is 15.3. The average molecular weight is 539 g/mol. The minimum atomic E-state index is -1.00. The van der Waals surface area contributed by atoms with Gasteiger partial charge >= 0.3 is 5.97 Å². The summed E-state index contributed by atoms with van der Waals surface area (Å²) >= 11 is 0. The lowest BCUT2D eigenvalue weighted by molar-refractivity contribution is -0.136. The van der Waals surface area contributed by atoms with Crippen molar-refractivity contribution in [2.75, 3.05) is 13.7 Å². The molecule has 2 aromatic carbocycles. The Labute approximate surface area is 230 Å². The second-order valence-electron chi connectivity index (χ2n) is 9.85. The minimum absolute atomic E-state index is 0.271. The van der Waals surface area contributed by atoms with Gasteiger partial charge in [-0.3, -0.25) is 4.79 Å².